The molecule has 2 aliphatic heterocycles. The van der Waals surface area contributed by atoms with Gasteiger partial charge in [0, 0.05) is 13.0 Å². The van der Waals surface area contributed by atoms with E-state index in [0.717, 1.165) is 11.4 Å². The number of hydrogen-bond acceptors (Lipinski definition) is 3. The van der Waals surface area contributed by atoms with Crippen molar-refractivity contribution in [3.63, 3.8) is 0 Å². The topological polar surface area (TPSA) is 58.6 Å². The van der Waals surface area contributed by atoms with Crippen molar-refractivity contribution in [1.29, 1.82) is 0 Å². The molecule has 3 rings (SSSR count). The summed E-state index contributed by atoms with van der Waals surface area (Å²) in [7, 11) is 0. The normalized spacial score (nSPS) is 22.1. The number of anilines is 1. The summed E-state index contributed by atoms with van der Waals surface area (Å²) in [6.45, 7) is 1.48. The maximum absolute atomic E-state index is 12.4. The molecule has 0 aliphatic carbocycles. The minimum absolute atomic E-state index is 0.00380. The molecule has 0 spiro atoms. The minimum Gasteiger partial charge on any atom is -0.490 e. The molecule has 0 radical (unpaired) electrons. The van der Waals surface area contributed by atoms with Crippen LogP contribution in [-0.4, -0.2) is 31.5 Å². The number of hydrogen-bond donors (Lipinski definition) is 1. The number of nitrogens with one attached hydrogen (secondary N) is 1. The third kappa shape index (κ3) is 1.81. The number of ether oxygens (including phenoxy) is 1. The van der Waals surface area contributed by atoms with E-state index in [9.17, 15) is 9.59 Å². The van der Waals surface area contributed by atoms with E-state index in [1.54, 1.807) is 4.90 Å². The van der Waals surface area contributed by atoms with Gasteiger partial charge in [0.1, 0.15) is 12.4 Å². The number of para-hydroxylation sites is 2. The lowest BCUT2D eigenvalue weighted by molar-refractivity contribution is -0.124. The first-order chi connectivity index (χ1) is 8.75. The molecule has 0 aromatic heterocycles. The second kappa shape index (κ2) is 4.33. The Labute approximate surface area is 105 Å². The Morgan fingerprint density at radius 2 is 2.22 bits per heavy atom. The highest BCUT2D eigenvalue weighted by Crippen LogP contribution is 2.32. The Morgan fingerprint density at radius 1 is 1.39 bits per heavy atom. The van der Waals surface area contributed by atoms with Gasteiger partial charge in [0.2, 0.25) is 11.8 Å². The molecule has 18 heavy (non-hydrogen) atoms. The van der Waals surface area contributed by atoms with Crippen LogP contribution in [0.1, 0.15) is 6.42 Å². The van der Waals surface area contributed by atoms with Crippen LogP contribution in [0.5, 0.6) is 5.75 Å². The van der Waals surface area contributed by atoms with Crippen molar-refractivity contribution in [2.75, 3.05) is 24.6 Å². The van der Waals surface area contributed by atoms with E-state index >= 15 is 0 Å². The van der Waals surface area contributed by atoms with E-state index in [4.69, 9.17) is 4.74 Å². The molecule has 94 valence electrons. The number of carbonyl (C=O) groups is 2. The lowest BCUT2D eigenvalue weighted by atomic mass is 10.1. The van der Waals surface area contributed by atoms with Gasteiger partial charge in [-0.1, -0.05) is 12.1 Å². The maximum atomic E-state index is 12.4. The first kappa shape index (κ1) is 11.1. The standard InChI is InChI=1S/C13H14N2O3/c16-12-7-9(8-14-12)13(17)15-5-6-18-11-4-2-1-3-10(11)15/h1-4,9H,5-8H2,(H,14,16). The first-order valence-corrected chi connectivity index (χ1v) is 6.05. The van der Waals surface area contributed by atoms with Gasteiger partial charge in [0.15, 0.2) is 0 Å². The van der Waals surface area contributed by atoms with E-state index in [-0.39, 0.29) is 17.7 Å². The van der Waals surface area contributed by atoms with Gasteiger partial charge in [-0.2, -0.15) is 0 Å². The van der Waals surface area contributed by atoms with Crippen molar-refractivity contribution >= 4 is 17.5 Å². The minimum atomic E-state index is -0.247. The Balaban J connectivity index is 1.85. The third-order valence-electron chi connectivity index (χ3n) is 3.32. The van der Waals surface area contributed by atoms with Gasteiger partial charge < -0.3 is 15.0 Å². The first-order valence-electron chi connectivity index (χ1n) is 6.05. The highest BCUT2D eigenvalue weighted by atomic mass is 16.5. The van der Waals surface area contributed by atoms with Gasteiger partial charge in [-0.05, 0) is 12.1 Å². The number of carbonyl (C=O) groups excluding carboxylic acids is 2. The van der Waals surface area contributed by atoms with Crippen LogP contribution in [-0.2, 0) is 9.59 Å². The van der Waals surface area contributed by atoms with E-state index in [2.05, 4.69) is 5.32 Å². The molecule has 1 N–H and O–H groups in total. The van der Waals surface area contributed by atoms with Gasteiger partial charge in [-0.25, -0.2) is 0 Å². The summed E-state index contributed by atoms with van der Waals surface area (Å²) >= 11 is 0. The molecule has 2 amide bonds. The zero-order valence-electron chi connectivity index (χ0n) is 9.89. The van der Waals surface area contributed by atoms with Crippen molar-refractivity contribution in [3.8, 4) is 5.75 Å². The Hall–Kier alpha value is -2.04. The van der Waals surface area contributed by atoms with Crippen LogP contribution < -0.4 is 15.0 Å². The molecule has 5 nitrogen and oxygen atoms in total. The van der Waals surface area contributed by atoms with Crippen molar-refractivity contribution in [3.05, 3.63) is 24.3 Å². The summed E-state index contributed by atoms with van der Waals surface area (Å²) in [5.41, 5.74) is 0.799. The van der Waals surface area contributed by atoms with Gasteiger partial charge in [0.05, 0.1) is 18.2 Å². The van der Waals surface area contributed by atoms with Crippen LogP contribution in [0.3, 0.4) is 0 Å². The van der Waals surface area contributed by atoms with Crippen LogP contribution in [0.15, 0.2) is 24.3 Å². The Kier molecular flexibility index (Phi) is 2.66. The zero-order chi connectivity index (χ0) is 12.5. The van der Waals surface area contributed by atoms with Crippen molar-refractivity contribution in [2.45, 2.75) is 6.42 Å². The third-order valence-corrected chi connectivity index (χ3v) is 3.32. The smallest absolute Gasteiger partial charge is 0.232 e. The lowest BCUT2D eigenvalue weighted by Gasteiger charge is -2.30. The van der Waals surface area contributed by atoms with Crippen LogP contribution in [0.25, 0.3) is 0 Å². The van der Waals surface area contributed by atoms with Gasteiger partial charge in [-0.3, -0.25) is 9.59 Å². The quantitative estimate of drug-likeness (QED) is 0.787. The summed E-state index contributed by atoms with van der Waals surface area (Å²) < 4.78 is 5.51. The number of amides is 2. The summed E-state index contributed by atoms with van der Waals surface area (Å²) in [4.78, 5) is 25.3. The van der Waals surface area contributed by atoms with E-state index in [1.165, 1.54) is 0 Å². The number of rotatable bonds is 1. The monoisotopic (exact) mass is 246 g/mol. The highest BCUT2D eigenvalue weighted by Gasteiger charge is 2.33. The van der Waals surface area contributed by atoms with Crippen LogP contribution in [0.4, 0.5) is 5.69 Å². The molecule has 2 aliphatic rings. The van der Waals surface area contributed by atoms with E-state index in [1.807, 2.05) is 24.3 Å². The molecule has 5 heteroatoms. The number of nitrogens with zero attached hydrogens (tertiary/aromatic N) is 1. The predicted octanol–water partition coefficient (Wildman–Crippen LogP) is 0.548. The Morgan fingerprint density at radius 3 is 3.00 bits per heavy atom. The fourth-order valence-electron chi connectivity index (χ4n) is 2.40. The molecule has 1 aromatic rings. The maximum Gasteiger partial charge on any atom is 0.232 e. The average molecular weight is 246 g/mol. The predicted molar refractivity (Wildman–Crippen MR) is 65.4 cm³/mol. The SMILES string of the molecule is O=C1CC(C(=O)N2CCOc3ccccc32)CN1. The molecule has 2 heterocycles. The molecular formula is C13H14N2O3. The van der Waals surface area contributed by atoms with Crippen molar-refractivity contribution in [1.82, 2.24) is 5.32 Å². The summed E-state index contributed by atoms with van der Waals surface area (Å²) in [5.74, 6) is 0.442. The highest BCUT2D eigenvalue weighted by molar-refractivity contribution is 6.00. The number of benzene rings is 1. The second-order valence-corrected chi connectivity index (χ2v) is 4.51. The molecule has 1 atom stereocenters. The van der Waals surface area contributed by atoms with Gasteiger partial charge in [-0.15, -0.1) is 0 Å². The van der Waals surface area contributed by atoms with Gasteiger partial charge in [0.25, 0.3) is 0 Å². The molecular weight excluding hydrogens is 232 g/mol. The van der Waals surface area contributed by atoms with E-state index in [0.29, 0.717) is 26.1 Å². The summed E-state index contributed by atoms with van der Waals surface area (Å²) in [6, 6.07) is 7.49. The van der Waals surface area contributed by atoms with Crippen LogP contribution in [0, 0.1) is 5.92 Å². The largest absolute Gasteiger partial charge is 0.490 e. The number of fused-ring (bicyclic) bond motifs is 1. The Bertz CT molecular complexity index is 501. The molecule has 1 saturated heterocycles. The molecule has 0 bridgehead atoms. The summed E-state index contributed by atoms with van der Waals surface area (Å²) in [5, 5.41) is 2.70. The van der Waals surface area contributed by atoms with Crippen molar-refractivity contribution in [2.24, 2.45) is 5.92 Å². The van der Waals surface area contributed by atoms with Crippen molar-refractivity contribution < 1.29 is 14.3 Å². The van der Waals surface area contributed by atoms with Gasteiger partial charge >= 0.3 is 0 Å². The molecule has 0 saturated carbocycles. The molecule has 1 unspecified atom stereocenters. The molecule has 1 fully saturated rings. The lowest BCUT2D eigenvalue weighted by Crippen LogP contribution is -2.42. The average Bonchev–Trinajstić information content (AvgIpc) is 2.84. The fourth-order valence-corrected chi connectivity index (χ4v) is 2.40. The second-order valence-electron chi connectivity index (χ2n) is 4.51. The van der Waals surface area contributed by atoms with Crippen LogP contribution >= 0.6 is 0 Å². The van der Waals surface area contributed by atoms with Crippen LogP contribution in [0.2, 0.25) is 0 Å². The summed E-state index contributed by atoms with van der Waals surface area (Å²) in [6.07, 6.45) is 0.290. The zero-order valence-corrected chi connectivity index (χ0v) is 9.89. The fraction of sp³-hybridized carbons (Fsp3) is 0.385. The van der Waals surface area contributed by atoms with E-state index < -0.39 is 0 Å². The molecule has 1 aromatic carbocycles.